The van der Waals surface area contributed by atoms with Crippen molar-refractivity contribution in [2.75, 3.05) is 12.4 Å². The van der Waals surface area contributed by atoms with Crippen molar-refractivity contribution in [1.29, 1.82) is 5.26 Å². The van der Waals surface area contributed by atoms with Crippen molar-refractivity contribution in [3.05, 3.63) is 83.6 Å². The molecule has 2 aromatic carbocycles. The molecule has 0 saturated carbocycles. The maximum atomic E-state index is 12.4. The normalized spacial score (nSPS) is 9.93. The minimum atomic E-state index is -0.304. The molecule has 1 amide bonds. The third-order valence-electron chi connectivity index (χ3n) is 3.79. The number of ether oxygens (including phenoxy) is 2. The Morgan fingerprint density at radius 2 is 1.93 bits per heavy atom. The Hall–Kier alpha value is -3.85. The highest BCUT2D eigenvalue weighted by molar-refractivity contribution is 6.04. The first-order chi connectivity index (χ1) is 13.2. The molecule has 1 N–H and O–H groups in total. The molecule has 1 heterocycles. The smallest absolute Gasteiger partial charge is 0.256 e. The van der Waals surface area contributed by atoms with Crippen LogP contribution < -0.4 is 14.8 Å². The minimum Gasteiger partial charge on any atom is -0.497 e. The van der Waals surface area contributed by atoms with Crippen LogP contribution in [0.25, 0.3) is 0 Å². The van der Waals surface area contributed by atoms with Crippen LogP contribution in [-0.4, -0.2) is 18.0 Å². The van der Waals surface area contributed by atoms with Crippen molar-refractivity contribution in [2.45, 2.75) is 6.61 Å². The highest BCUT2D eigenvalue weighted by atomic mass is 16.5. The molecule has 0 atom stereocenters. The molecule has 0 aliphatic carbocycles. The summed E-state index contributed by atoms with van der Waals surface area (Å²) < 4.78 is 10.9. The zero-order valence-corrected chi connectivity index (χ0v) is 14.7. The van der Waals surface area contributed by atoms with E-state index in [4.69, 9.17) is 14.7 Å². The molecule has 0 aliphatic heterocycles. The van der Waals surface area contributed by atoms with Crippen molar-refractivity contribution in [3.8, 4) is 17.6 Å². The number of aromatic nitrogens is 1. The fourth-order valence-electron chi connectivity index (χ4n) is 2.34. The van der Waals surface area contributed by atoms with Crippen LogP contribution in [-0.2, 0) is 6.61 Å². The van der Waals surface area contributed by atoms with Crippen LogP contribution in [0.5, 0.6) is 11.5 Å². The van der Waals surface area contributed by atoms with Gasteiger partial charge in [-0.25, -0.2) is 4.98 Å². The van der Waals surface area contributed by atoms with Crippen LogP contribution in [0.2, 0.25) is 0 Å². The first kappa shape index (κ1) is 18.0. The van der Waals surface area contributed by atoms with Gasteiger partial charge in [-0.15, -0.1) is 0 Å². The van der Waals surface area contributed by atoms with Crippen LogP contribution >= 0.6 is 0 Å². The fourth-order valence-corrected chi connectivity index (χ4v) is 2.34. The summed E-state index contributed by atoms with van der Waals surface area (Å²) in [7, 11) is 1.62. The molecule has 0 spiro atoms. The summed E-state index contributed by atoms with van der Waals surface area (Å²) in [5.41, 5.74) is 1.88. The van der Waals surface area contributed by atoms with Crippen LogP contribution in [0.15, 0.2) is 66.9 Å². The molecular formula is C21H17N3O3. The van der Waals surface area contributed by atoms with Gasteiger partial charge in [-0.2, -0.15) is 5.26 Å². The summed E-state index contributed by atoms with van der Waals surface area (Å²) in [6, 6.07) is 19.7. The lowest BCUT2D eigenvalue weighted by molar-refractivity contribution is 0.102. The van der Waals surface area contributed by atoms with Gasteiger partial charge in [0.15, 0.2) is 0 Å². The molecule has 6 nitrogen and oxygen atoms in total. The Labute approximate surface area is 157 Å². The molecule has 0 bridgehead atoms. The number of nitriles is 1. The van der Waals surface area contributed by atoms with Gasteiger partial charge in [-0.05, 0) is 48.0 Å². The first-order valence-electron chi connectivity index (χ1n) is 8.21. The zero-order chi connectivity index (χ0) is 19.1. The lowest BCUT2D eigenvalue weighted by atomic mass is 10.2. The third-order valence-corrected chi connectivity index (χ3v) is 3.79. The van der Waals surface area contributed by atoms with Gasteiger partial charge in [0.2, 0.25) is 0 Å². The number of carbonyl (C=O) groups excluding carboxylic acids is 1. The molecule has 0 radical (unpaired) electrons. The number of methoxy groups -OCH3 is 1. The predicted molar refractivity (Wildman–Crippen MR) is 101 cm³/mol. The number of pyridine rings is 1. The molecule has 134 valence electrons. The molecule has 3 rings (SSSR count). The van der Waals surface area contributed by atoms with Crippen molar-refractivity contribution >= 4 is 11.7 Å². The molecule has 0 saturated heterocycles. The van der Waals surface area contributed by atoms with Gasteiger partial charge in [-0.3, -0.25) is 4.79 Å². The number of hydrogen-bond acceptors (Lipinski definition) is 5. The molecule has 27 heavy (non-hydrogen) atoms. The van der Waals surface area contributed by atoms with Crippen LogP contribution in [0, 0.1) is 11.3 Å². The fraction of sp³-hybridized carbons (Fsp3) is 0.0952. The molecule has 3 aromatic rings. The van der Waals surface area contributed by atoms with Gasteiger partial charge in [-0.1, -0.05) is 18.2 Å². The second kappa shape index (κ2) is 8.50. The van der Waals surface area contributed by atoms with E-state index in [2.05, 4.69) is 10.3 Å². The molecular weight excluding hydrogens is 342 g/mol. The van der Waals surface area contributed by atoms with E-state index < -0.39 is 0 Å². The van der Waals surface area contributed by atoms with Gasteiger partial charge in [0.1, 0.15) is 30.0 Å². The number of anilines is 1. The van der Waals surface area contributed by atoms with E-state index in [0.29, 0.717) is 29.3 Å². The number of nitrogens with one attached hydrogen (secondary N) is 1. The summed E-state index contributed by atoms with van der Waals surface area (Å²) in [5.74, 6) is 1.45. The van der Waals surface area contributed by atoms with Crippen molar-refractivity contribution in [1.82, 2.24) is 4.98 Å². The van der Waals surface area contributed by atoms with E-state index in [1.54, 1.807) is 43.5 Å². The number of carbonyl (C=O) groups is 1. The summed E-state index contributed by atoms with van der Waals surface area (Å²) in [5, 5.41) is 11.5. The van der Waals surface area contributed by atoms with Gasteiger partial charge < -0.3 is 14.8 Å². The third kappa shape index (κ3) is 4.83. The predicted octanol–water partition coefficient (Wildman–Crippen LogP) is 3.79. The number of benzene rings is 2. The standard InChI is InChI=1S/C21H17N3O3/c1-26-18-8-5-15(6-9-18)14-27-19-4-2-3-17(11-19)21(25)24-20-10-7-16(12-22)13-23-20/h2-11,13H,14H2,1H3,(H,23,24,25). The van der Waals surface area contributed by atoms with E-state index in [9.17, 15) is 4.79 Å². The molecule has 1 aromatic heterocycles. The summed E-state index contributed by atoms with van der Waals surface area (Å²) >= 11 is 0. The summed E-state index contributed by atoms with van der Waals surface area (Å²) in [6.45, 7) is 0.381. The SMILES string of the molecule is COc1ccc(COc2cccc(C(=O)Nc3ccc(C#N)cn3)c2)cc1. The van der Waals surface area contributed by atoms with Crippen LogP contribution in [0.3, 0.4) is 0 Å². The van der Waals surface area contributed by atoms with Crippen molar-refractivity contribution in [3.63, 3.8) is 0 Å². The second-order valence-electron chi connectivity index (χ2n) is 5.66. The lowest BCUT2D eigenvalue weighted by Gasteiger charge is -2.09. The van der Waals surface area contributed by atoms with Crippen molar-refractivity contribution < 1.29 is 14.3 Å². The quantitative estimate of drug-likeness (QED) is 0.724. The van der Waals surface area contributed by atoms with Gasteiger partial charge >= 0.3 is 0 Å². The lowest BCUT2D eigenvalue weighted by Crippen LogP contribution is -2.13. The van der Waals surface area contributed by atoms with Crippen molar-refractivity contribution in [2.24, 2.45) is 0 Å². The highest BCUT2D eigenvalue weighted by Gasteiger charge is 2.08. The van der Waals surface area contributed by atoms with Crippen LogP contribution in [0.1, 0.15) is 21.5 Å². The van der Waals surface area contributed by atoms with Gasteiger partial charge in [0.25, 0.3) is 5.91 Å². The number of rotatable bonds is 6. The number of nitrogens with zero attached hydrogens (tertiary/aromatic N) is 2. The second-order valence-corrected chi connectivity index (χ2v) is 5.66. The van der Waals surface area contributed by atoms with Gasteiger partial charge in [0.05, 0.1) is 12.7 Å². The van der Waals surface area contributed by atoms with E-state index in [1.165, 1.54) is 6.20 Å². The highest BCUT2D eigenvalue weighted by Crippen LogP contribution is 2.18. The Morgan fingerprint density at radius 1 is 1.11 bits per heavy atom. The average Bonchev–Trinajstić information content (AvgIpc) is 2.73. The maximum absolute atomic E-state index is 12.4. The zero-order valence-electron chi connectivity index (χ0n) is 14.7. The Kier molecular flexibility index (Phi) is 5.65. The Balaban J connectivity index is 1.63. The average molecular weight is 359 g/mol. The maximum Gasteiger partial charge on any atom is 0.256 e. The van der Waals surface area contributed by atoms with E-state index in [0.717, 1.165) is 11.3 Å². The van der Waals surface area contributed by atoms with E-state index in [1.807, 2.05) is 30.3 Å². The van der Waals surface area contributed by atoms with E-state index in [-0.39, 0.29) is 5.91 Å². The summed E-state index contributed by atoms with van der Waals surface area (Å²) in [4.78, 5) is 16.4. The van der Waals surface area contributed by atoms with Gasteiger partial charge in [0, 0.05) is 11.8 Å². The Morgan fingerprint density at radius 3 is 2.59 bits per heavy atom. The summed E-state index contributed by atoms with van der Waals surface area (Å²) in [6.07, 6.45) is 1.41. The molecule has 0 unspecified atom stereocenters. The molecule has 0 fully saturated rings. The molecule has 0 aliphatic rings. The Bertz CT molecular complexity index is 961. The van der Waals surface area contributed by atoms with E-state index >= 15 is 0 Å². The molecule has 6 heteroatoms. The number of amides is 1. The topological polar surface area (TPSA) is 84.2 Å². The largest absolute Gasteiger partial charge is 0.497 e. The first-order valence-corrected chi connectivity index (χ1v) is 8.21. The minimum absolute atomic E-state index is 0.304. The van der Waals surface area contributed by atoms with Crippen LogP contribution in [0.4, 0.5) is 5.82 Å². The number of hydrogen-bond donors (Lipinski definition) is 1. The monoisotopic (exact) mass is 359 g/mol.